The second kappa shape index (κ2) is 4.53. The van der Waals surface area contributed by atoms with Gasteiger partial charge in [-0.1, -0.05) is 38.6 Å². The summed E-state index contributed by atoms with van der Waals surface area (Å²) in [7, 11) is 0. The fourth-order valence-corrected chi connectivity index (χ4v) is 2.50. The second-order valence-electron chi connectivity index (χ2n) is 5.00. The number of pyridine rings is 1. The first kappa shape index (κ1) is 12.2. The van der Waals surface area contributed by atoms with E-state index in [1.807, 2.05) is 55.8 Å². The molecule has 0 radical (unpaired) electrons. The summed E-state index contributed by atoms with van der Waals surface area (Å²) < 4.78 is 2.00. The van der Waals surface area contributed by atoms with Gasteiger partial charge in [-0.3, -0.25) is 9.20 Å². The van der Waals surface area contributed by atoms with Gasteiger partial charge in [-0.25, -0.2) is 4.98 Å². The van der Waals surface area contributed by atoms with Crippen LogP contribution in [0.5, 0.6) is 0 Å². The van der Waals surface area contributed by atoms with Crippen LogP contribution in [0.25, 0.3) is 5.52 Å². The zero-order chi connectivity index (χ0) is 12.5. The molecular formula is C13H16N2OS. The number of carbonyl (C=O) groups is 1. The van der Waals surface area contributed by atoms with Crippen LogP contribution in [0.4, 0.5) is 0 Å². The number of aromatic nitrogens is 2. The number of hydrogen-bond acceptors (Lipinski definition) is 3. The molecular weight excluding hydrogens is 232 g/mol. The van der Waals surface area contributed by atoms with Crippen LogP contribution in [-0.4, -0.2) is 20.9 Å². The van der Waals surface area contributed by atoms with E-state index in [2.05, 4.69) is 4.98 Å². The van der Waals surface area contributed by atoms with Crippen LogP contribution in [0, 0.1) is 5.41 Å². The van der Waals surface area contributed by atoms with Crippen molar-refractivity contribution in [2.24, 2.45) is 5.41 Å². The minimum atomic E-state index is -0.278. The van der Waals surface area contributed by atoms with Crippen LogP contribution in [0.2, 0.25) is 0 Å². The van der Waals surface area contributed by atoms with Gasteiger partial charge in [-0.05, 0) is 12.1 Å². The lowest BCUT2D eigenvalue weighted by Gasteiger charge is -2.15. The molecule has 0 spiro atoms. The molecule has 17 heavy (non-hydrogen) atoms. The number of rotatable bonds is 3. The van der Waals surface area contributed by atoms with E-state index < -0.39 is 0 Å². The normalized spacial score (nSPS) is 11.9. The summed E-state index contributed by atoms with van der Waals surface area (Å²) in [6.07, 6.45) is 3.79. The number of thioether (sulfide) groups is 1. The first-order valence-electron chi connectivity index (χ1n) is 5.57. The quantitative estimate of drug-likeness (QED) is 0.783. The lowest BCUT2D eigenvalue weighted by atomic mass is 9.92. The van der Waals surface area contributed by atoms with E-state index in [0.717, 1.165) is 10.7 Å². The smallest absolute Gasteiger partial charge is 0.173 e. The van der Waals surface area contributed by atoms with Gasteiger partial charge in [0.1, 0.15) is 5.78 Å². The van der Waals surface area contributed by atoms with E-state index in [1.54, 1.807) is 0 Å². The van der Waals surface area contributed by atoms with Crippen molar-refractivity contribution in [2.75, 3.05) is 5.75 Å². The summed E-state index contributed by atoms with van der Waals surface area (Å²) in [5, 5.41) is 0.873. The number of carbonyl (C=O) groups excluding carboxylic acids is 1. The highest BCUT2D eigenvalue weighted by Gasteiger charge is 2.21. The summed E-state index contributed by atoms with van der Waals surface area (Å²) in [6.45, 7) is 5.83. The lowest BCUT2D eigenvalue weighted by Crippen LogP contribution is -2.22. The van der Waals surface area contributed by atoms with E-state index in [-0.39, 0.29) is 11.2 Å². The van der Waals surface area contributed by atoms with Crippen molar-refractivity contribution in [3.05, 3.63) is 30.6 Å². The summed E-state index contributed by atoms with van der Waals surface area (Å²) in [5.41, 5.74) is 0.776. The zero-order valence-corrected chi connectivity index (χ0v) is 11.1. The Bertz CT molecular complexity index is 540. The molecule has 4 heteroatoms. The molecule has 0 aliphatic rings. The Morgan fingerprint density at radius 2 is 2.18 bits per heavy atom. The van der Waals surface area contributed by atoms with Gasteiger partial charge >= 0.3 is 0 Å². The molecule has 0 amide bonds. The van der Waals surface area contributed by atoms with Crippen molar-refractivity contribution in [3.8, 4) is 0 Å². The van der Waals surface area contributed by atoms with Crippen molar-refractivity contribution in [1.29, 1.82) is 0 Å². The van der Waals surface area contributed by atoms with Crippen molar-refractivity contribution in [3.63, 3.8) is 0 Å². The maximum Gasteiger partial charge on any atom is 0.173 e. The van der Waals surface area contributed by atoms with Crippen LogP contribution < -0.4 is 0 Å². The van der Waals surface area contributed by atoms with Crippen molar-refractivity contribution in [1.82, 2.24) is 9.38 Å². The van der Waals surface area contributed by atoms with Crippen LogP contribution in [-0.2, 0) is 4.79 Å². The molecule has 0 bridgehead atoms. The summed E-state index contributed by atoms with van der Waals surface area (Å²) >= 11 is 1.49. The molecule has 0 fully saturated rings. The Hall–Kier alpha value is -1.29. The van der Waals surface area contributed by atoms with Crippen molar-refractivity contribution >= 4 is 23.1 Å². The van der Waals surface area contributed by atoms with Gasteiger partial charge in [0.25, 0.3) is 0 Å². The molecule has 0 atom stereocenters. The van der Waals surface area contributed by atoms with Gasteiger partial charge in [0.2, 0.25) is 0 Å². The molecule has 2 aromatic heterocycles. The molecule has 0 aliphatic carbocycles. The van der Waals surface area contributed by atoms with Crippen LogP contribution in [0.3, 0.4) is 0 Å². The standard InChI is InChI=1S/C13H16N2OS/c1-13(2,3)11(16)9-17-12-14-8-10-6-4-5-7-15(10)12/h4-8H,9H2,1-3H3. The van der Waals surface area contributed by atoms with Gasteiger partial charge < -0.3 is 0 Å². The minimum absolute atomic E-state index is 0.246. The van der Waals surface area contributed by atoms with Gasteiger partial charge in [-0.2, -0.15) is 0 Å². The number of imidazole rings is 1. The molecule has 0 unspecified atom stereocenters. The predicted molar refractivity (Wildman–Crippen MR) is 70.4 cm³/mol. The fourth-order valence-electron chi connectivity index (χ4n) is 1.37. The molecule has 0 aromatic carbocycles. The van der Waals surface area contributed by atoms with E-state index in [1.165, 1.54) is 11.8 Å². The highest BCUT2D eigenvalue weighted by molar-refractivity contribution is 7.99. The number of Topliss-reactive ketones (excluding diaryl/α,β-unsaturated/α-hetero) is 1. The summed E-state index contributed by atoms with van der Waals surface area (Å²) in [5.74, 6) is 0.715. The Balaban J connectivity index is 2.12. The predicted octanol–water partition coefficient (Wildman–Crippen LogP) is 3.04. The molecule has 0 aliphatic heterocycles. The summed E-state index contributed by atoms with van der Waals surface area (Å²) in [6, 6.07) is 5.94. The van der Waals surface area contributed by atoms with Crippen molar-refractivity contribution < 1.29 is 4.79 Å². The second-order valence-corrected chi connectivity index (χ2v) is 5.94. The lowest BCUT2D eigenvalue weighted by molar-refractivity contribution is -0.123. The molecule has 2 rings (SSSR count). The largest absolute Gasteiger partial charge is 0.298 e. The molecule has 3 nitrogen and oxygen atoms in total. The average molecular weight is 248 g/mol. The number of fused-ring (bicyclic) bond motifs is 1. The highest BCUT2D eigenvalue weighted by atomic mass is 32.2. The van der Waals surface area contributed by atoms with E-state index >= 15 is 0 Å². The third kappa shape index (κ3) is 2.69. The third-order valence-electron chi connectivity index (χ3n) is 2.57. The van der Waals surface area contributed by atoms with E-state index in [4.69, 9.17) is 0 Å². The molecule has 0 saturated heterocycles. The average Bonchev–Trinajstić information content (AvgIpc) is 2.68. The molecule has 0 saturated carbocycles. The number of ketones is 1. The SMILES string of the molecule is CC(C)(C)C(=O)CSc1ncc2ccccn12. The van der Waals surface area contributed by atoms with Crippen LogP contribution in [0.15, 0.2) is 35.7 Å². The Morgan fingerprint density at radius 1 is 1.41 bits per heavy atom. The van der Waals surface area contributed by atoms with Crippen LogP contribution >= 0.6 is 11.8 Å². The van der Waals surface area contributed by atoms with Crippen LogP contribution in [0.1, 0.15) is 20.8 Å². The fraction of sp³-hybridized carbons (Fsp3) is 0.385. The topological polar surface area (TPSA) is 34.4 Å². The Kier molecular flexibility index (Phi) is 3.24. The first-order chi connectivity index (χ1) is 7.98. The number of hydrogen-bond donors (Lipinski definition) is 0. The van der Waals surface area contributed by atoms with Gasteiger partial charge in [-0.15, -0.1) is 0 Å². The Morgan fingerprint density at radius 3 is 2.88 bits per heavy atom. The molecule has 0 N–H and O–H groups in total. The Labute approximate surface area is 105 Å². The first-order valence-corrected chi connectivity index (χ1v) is 6.55. The van der Waals surface area contributed by atoms with Gasteiger partial charge in [0, 0.05) is 11.6 Å². The third-order valence-corrected chi connectivity index (χ3v) is 3.54. The molecule has 2 aromatic rings. The van der Waals surface area contributed by atoms with Crippen molar-refractivity contribution in [2.45, 2.75) is 25.9 Å². The zero-order valence-electron chi connectivity index (χ0n) is 10.3. The molecule has 90 valence electrons. The van der Waals surface area contributed by atoms with E-state index in [0.29, 0.717) is 5.75 Å². The monoisotopic (exact) mass is 248 g/mol. The van der Waals surface area contributed by atoms with E-state index in [9.17, 15) is 4.79 Å². The summed E-state index contributed by atoms with van der Waals surface area (Å²) in [4.78, 5) is 16.2. The highest BCUT2D eigenvalue weighted by Crippen LogP contribution is 2.23. The molecule has 2 heterocycles. The van der Waals surface area contributed by atoms with Gasteiger partial charge in [0.05, 0.1) is 17.5 Å². The maximum absolute atomic E-state index is 11.8. The maximum atomic E-state index is 11.8. The minimum Gasteiger partial charge on any atom is -0.298 e. The number of nitrogens with zero attached hydrogens (tertiary/aromatic N) is 2. The van der Waals surface area contributed by atoms with Gasteiger partial charge in [0.15, 0.2) is 5.16 Å².